The number of nitrogens with zero attached hydrogens (tertiary/aromatic N) is 2. The zero-order valence-electron chi connectivity index (χ0n) is 8.87. The fourth-order valence-electron chi connectivity index (χ4n) is 1.15. The second kappa shape index (κ2) is 7.45. The number of aromatic nitrogens is 2. The quantitative estimate of drug-likeness (QED) is 0.729. The third-order valence-corrected chi connectivity index (χ3v) is 2.63. The number of halogens is 1. The summed E-state index contributed by atoms with van der Waals surface area (Å²) in [4.78, 5) is 7.62. The van der Waals surface area contributed by atoms with Crippen molar-refractivity contribution in [3.8, 4) is 0 Å². The van der Waals surface area contributed by atoms with Gasteiger partial charge < -0.3 is 5.32 Å². The predicted octanol–water partition coefficient (Wildman–Crippen LogP) is 2.56. The van der Waals surface area contributed by atoms with E-state index in [0.717, 1.165) is 13.0 Å². The van der Waals surface area contributed by atoms with Gasteiger partial charge in [0.25, 0.3) is 0 Å². The summed E-state index contributed by atoms with van der Waals surface area (Å²) in [6, 6.07) is 0. The first kappa shape index (κ1) is 12.2. The smallest absolute Gasteiger partial charge is 0.222 e. The Morgan fingerprint density at radius 1 is 1.27 bits per heavy atom. The highest BCUT2D eigenvalue weighted by Crippen LogP contribution is 2.03. The largest absolute Gasteiger partial charge is 0.354 e. The van der Waals surface area contributed by atoms with Gasteiger partial charge in [0.1, 0.15) is 0 Å². The molecule has 84 valence electrons. The molecular weight excluding hydrogens is 213 g/mol. The molecule has 1 heterocycles. The number of rotatable bonds is 7. The van der Waals surface area contributed by atoms with Gasteiger partial charge in [0.05, 0.1) is 12.4 Å². The molecule has 0 spiro atoms. The number of nitrogens with one attached hydrogen (secondary N) is 1. The lowest BCUT2D eigenvalue weighted by molar-refractivity contribution is 0.613. The molecule has 0 amide bonds. The summed E-state index contributed by atoms with van der Waals surface area (Å²) in [6.07, 6.45) is 8.00. The summed E-state index contributed by atoms with van der Waals surface area (Å²) >= 11 is 1.87. The fourth-order valence-corrected chi connectivity index (χ4v) is 1.64. The Bertz CT molecular complexity index is 266. The molecule has 0 aliphatic heterocycles. The molecular formula is C10H16FN3S. The van der Waals surface area contributed by atoms with E-state index in [1.807, 2.05) is 11.8 Å². The molecule has 0 atom stereocenters. The van der Waals surface area contributed by atoms with Gasteiger partial charge in [-0.2, -0.15) is 11.8 Å². The molecule has 0 bridgehead atoms. The van der Waals surface area contributed by atoms with Crippen molar-refractivity contribution in [3.63, 3.8) is 0 Å². The van der Waals surface area contributed by atoms with Crippen LogP contribution in [0.1, 0.15) is 19.3 Å². The summed E-state index contributed by atoms with van der Waals surface area (Å²) in [5.74, 6) is 1.31. The third kappa shape index (κ3) is 5.57. The number of anilines is 1. The summed E-state index contributed by atoms with van der Waals surface area (Å²) in [7, 11) is 0. The van der Waals surface area contributed by atoms with E-state index in [1.165, 1.54) is 31.0 Å². The maximum absolute atomic E-state index is 12.5. The minimum absolute atomic E-state index is 0.402. The van der Waals surface area contributed by atoms with E-state index in [4.69, 9.17) is 0 Å². The van der Waals surface area contributed by atoms with Crippen LogP contribution in [0.25, 0.3) is 0 Å². The highest BCUT2D eigenvalue weighted by atomic mass is 32.2. The number of hydrogen-bond acceptors (Lipinski definition) is 4. The number of hydrogen-bond donors (Lipinski definition) is 1. The van der Waals surface area contributed by atoms with E-state index in [9.17, 15) is 4.39 Å². The average Bonchev–Trinajstić information content (AvgIpc) is 2.26. The molecule has 1 aromatic heterocycles. The molecule has 1 aromatic rings. The molecule has 15 heavy (non-hydrogen) atoms. The molecule has 0 aliphatic carbocycles. The first-order valence-corrected chi connectivity index (χ1v) is 6.42. The van der Waals surface area contributed by atoms with Crippen LogP contribution < -0.4 is 5.32 Å². The molecule has 3 nitrogen and oxygen atoms in total. The first-order valence-electron chi connectivity index (χ1n) is 5.03. The Labute approximate surface area is 93.9 Å². The average molecular weight is 229 g/mol. The van der Waals surface area contributed by atoms with E-state index in [1.54, 1.807) is 0 Å². The standard InChI is InChI=1S/C10H16FN3S/c1-15-6-4-2-3-5-12-10-13-7-9(11)8-14-10/h7-8H,2-6H2,1H3,(H,12,13,14). The van der Waals surface area contributed by atoms with Gasteiger partial charge in [-0.3, -0.25) is 0 Å². The van der Waals surface area contributed by atoms with Crippen molar-refractivity contribution in [2.75, 3.05) is 23.9 Å². The van der Waals surface area contributed by atoms with E-state index in [0.29, 0.717) is 5.95 Å². The van der Waals surface area contributed by atoms with Crippen LogP contribution in [0.5, 0.6) is 0 Å². The van der Waals surface area contributed by atoms with E-state index in [-0.39, 0.29) is 0 Å². The van der Waals surface area contributed by atoms with Crippen molar-refractivity contribution in [1.82, 2.24) is 9.97 Å². The van der Waals surface area contributed by atoms with Gasteiger partial charge in [-0.1, -0.05) is 6.42 Å². The maximum atomic E-state index is 12.5. The lowest BCUT2D eigenvalue weighted by Crippen LogP contribution is -2.05. The molecule has 0 aliphatic rings. The molecule has 1 N–H and O–H groups in total. The molecule has 5 heteroatoms. The van der Waals surface area contributed by atoms with Crippen LogP contribution in [-0.2, 0) is 0 Å². The minimum atomic E-state index is -0.402. The van der Waals surface area contributed by atoms with Gasteiger partial charge in [0.15, 0.2) is 5.82 Å². The summed E-state index contributed by atoms with van der Waals surface area (Å²) < 4.78 is 12.5. The molecule has 0 saturated carbocycles. The van der Waals surface area contributed by atoms with Gasteiger partial charge >= 0.3 is 0 Å². The Kier molecular flexibility index (Phi) is 6.08. The Balaban J connectivity index is 2.07. The minimum Gasteiger partial charge on any atom is -0.354 e. The molecule has 0 unspecified atom stereocenters. The first-order chi connectivity index (χ1) is 7.33. The van der Waals surface area contributed by atoms with Crippen LogP contribution in [0.3, 0.4) is 0 Å². The van der Waals surface area contributed by atoms with Crippen molar-refractivity contribution in [2.24, 2.45) is 0 Å². The second-order valence-corrected chi connectivity index (χ2v) is 4.19. The van der Waals surface area contributed by atoms with E-state index < -0.39 is 5.82 Å². The zero-order valence-corrected chi connectivity index (χ0v) is 9.69. The monoisotopic (exact) mass is 229 g/mol. The van der Waals surface area contributed by atoms with Gasteiger partial charge in [0, 0.05) is 6.54 Å². The predicted molar refractivity (Wildman–Crippen MR) is 62.7 cm³/mol. The third-order valence-electron chi connectivity index (χ3n) is 1.93. The van der Waals surface area contributed by atoms with Crippen LogP contribution in [0.15, 0.2) is 12.4 Å². The summed E-state index contributed by atoms with van der Waals surface area (Å²) in [5, 5.41) is 3.05. The molecule has 0 radical (unpaired) electrons. The topological polar surface area (TPSA) is 37.8 Å². The lowest BCUT2D eigenvalue weighted by atomic mass is 10.2. The Morgan fingerprint density at radius 2 is 2.00 bits per heavy atom. The van der Waals surface area contributed by atoms with Crippen molar-refractivity contribution in [3.05, 3.63) is 18.2 Å². The fraction of sp³-hybridized carbons (Fsp3) is 0.600. The van der Waals surface area contributed by atoms with Gasteiger partial charge in [0.2, 0.25) is 5.95 Å². The number of thioether (sulfide) groups is 1. The zero-order chi connectivity index (χ0) is 10.9. The van der Waals surface area contributed by atoms with Crippen molar-refractivity contribution >= 4 is 17.7 Å². The SMILES string of the molecule is CSCCCCCNc1ncc(F)cn1. The van der Waals surface area contributed by atoms with Crippen LogP contribution in [0.2, 0.25) is 0 Å². The highest BCUT2D eigenvalue weighted by Gasteiger charge is 1.95. The van der Waals surface area contributed by atoms with Crippen molar-refractivity contribution in [1.29, 1.82) is 0 Å². The highest BCUT2D eigenvalue weighted by molar-refractivity contribution is 7.98. The maximum Gasteiger partial charge on any atom is 0.222 e. The van der Waals surface area contributed by atoms with E-state index >= 15 is 0 Å². The van der Waals surface area contributed by atoms with Crippen LogP contribution in [-0.4, -0.2) is 28.5 Å². The molecule has 1 rings (SSSR count). The molecule has 0 aromatic carbocycles. The van der Waals surface area contributed by atoms with Crippen LogP contribution >= 0.6 is 11.8 Å². The number of unbranched alkanes of at least 4 members (excludes halogenated alkanes) is 2. The van der Waals surface area contributed by atoms with Crippen LogP contribution in [0.4, 0.5) is 10.3 Å². The summed E-state index contributed by atoms with van der Waals surface area (Å²) in [5.41, 5.74) is 0. The molecule has 0 saturated heterocycles. The van der Waals surface area contributed by atoms with Gasteiger partial charge in [-0.25, -0.2) is 14.4 Å². The van der Waals surface area contributed by atoms with Crippen LogP contribution in [0, 0.1) is 5.82 Å². The van der Waals surface area contributed by atoms with Crippen molar-refractivity contribution < 1.29 is 4.39 Å². The lowest BCUT2D eigenvalue weighted by Gasteiger charge is -2.03. The van der Waals surface area contributed by atoms with Gasteiger partial charge in [-0.05, 0) is 24.9 Å². The normalized spacial score (nSPS) is 10.3. The molecule has 0 fully saturated rings. The van der Waals surface area contributed by atoms with Crippen molar-refractivity contribution in [2.45, 2.75) is 19.3 Å². The Morgan fingerprint density at radius 3 is 2.67 bits per heavy atom. The Hall–Kier alpha value is -0.840. The second-order valence-electron chi connectivity index (χ2n) is 3.21. The van der Waals surface area contributed by atoms with E-state index in [2.05, 4.69) is 21.5 Å². The van der Waals surface area contributed by atoms with Gasteiger partial charge in [-0.15, -0.1) is 0 Å². The summed E-state index contributed by atoms with van der Waals surface area (Å²) in [6.45, 7) is 0.847.